The van der Waals surface area contributed by atoms with Crippen molar-refractivity contribution in [2.75, 3.05) is 30.3 Å². The third-order valence-corrected chi connectivity index (χ3v) is 5.38. The maximum Gasteiger partial charge on any atom is 0.407 e. The lowest BCUT2D eigenvalue weighted by atomic mass is 9.73. The summed E-state index contributed by atoms with van der Waals surface area (Å²) in [5.74, 6) is 0.982. The van der Waals surface area contributed by atoms with Crippen molar-refractivity contribution < 1.29 is 9.90 Å². The van der Waals surface area contributed by atoms with Gasteiger partial charge in [-0.3, -0.25) is 0 Å². The number of anilines is 2. The molecule has 116 valence electrons. The molecule has 4 rings (SSSR count). The Bertz CT molecular complexity index is 743. The van der Waals surface area contributed by atoms with E-state index >= 15 is 0 Å². The molecule has 1 amide bonds. The van der Waals surface area contributed by atoms with Crippen molar-refractivity contribution in [1.29, 1.82) is 0 Å². The van der Waals surface area contributed by atoms with Crippen molar-refractivity contribution in [3.05, 3.63) is 5.51 Å². The van der Waals surface area contributed by atoms with Crippen LogP contribution in [0.4, 0.5) is 16.6 Å². The highest BCUT2D eigenvalue weighted by atomic mass is 32.1. The van der Waals surface area contributed by atoms with Gasteiger partial charge in [0.25, 0.3) is 0 Å². The van der Waals surface area contributed by atoms with Crippen molar-refractivity contribution in [1.82, 2.24) is 19.9 Å². The lowest BCUT2D eigenvalue weighted by molar-refractivity contribution is 0.0873. The first-order valence-electron chi connectivity index (χ1n) is 7.21. The molecule has 22 heavy (non-hydrogen) atoms. The van der Waals surface area contributed by atoms with Gasteiger partial charge in [0.2, 0.25) is 5.95 Å². The number of thiazole rings is 1. The summed E-state index contributed by atoms with van der Waals surface area (Å²) in [5.41, 5.74) is 8.16. The number of carbonyl (C=O) groups is 1. The number of amides is 1. The molecule has 2 aromatic rings. The average Bonchev–Trinajstić information content (AvgIpc) is 2.92. The molecule has 3 heterocycles. The Balaban J connectivity index is 1.77. The van der Waals surface area contributed by atoms with Crippen LogP contribution in [-0.4, -0.2) is 56.2 Å². The summed E-state index contributed by atoms with van der Waals surface area (Å²) in [5, 5.41) is 9.28. The quantitative estimate of drug-likeness (QED) is 0.817. The van der Waals surface area contributed by atoms with Crippen molar-refractivity contribution in [3.8, 4) is 0 Å². The molecule has 0 aromatic carbocycles. The molecule has 0 atom stereocenters. The molecule has 0 bridgehead atoms. The van der Waals surface area contributed by atoms with Gasteiger partial charge in [-0.2, -0.15) is 4.98 Å². The van der Waals surface area contributed by atoms with Crippen molar-refractivity contribution >= 4 is 39.5 Å². The van der Waals surface area contributed by atoms with Gasteiger partial charge in [-0.05, 0) is 19.3 Å². The second-order valence-electron chi connectivity index (χ2n) is 5.85. The van der Waals surface area contributed by atoms with Gasteiger partial charge < -0.3 is 20.6 Å². The normalized spacial score (nSPS) is 20.4. The first-order chi connectivity index (χ1) is 10.6. The van der Waals surface area contributed by atoms with Gasteiger partial charge in [0.15, 0.2) is 10.6 Å². The Hall–Kier alpha value is -2.16. The second kappa shape index (κ2) is 4.67. The molecule has 1 aliphatic carbocycles. The molecule has 9 heteroatoms. The number of aromatic nitrogens is 3. The minimum atomic E-state index is -0.855. The highest BCUT2D eigenvalue weighted by molar-refractivity contribution is 7.16. The summed E-state index contributed by atoms with van der Waals surface area (Å²) in [7, 11) is 0. The van der Waals surface area contributed by atoms with Gasteiger partial charge in [-0.1, -0.05) is 0 Å². The van der Waals surface area contributed by atoms with E-state index in [0.717, 1.165) is 35.4 Å². The fourth-order valence-corrected chi connectivity index (χ4v) is 4.10. The molecule has 0 radical (unpaired) electrons. The molecule has 0 unspecified atom stereocenters. The third-order valence-electron chi connectivity index (χ3n) is 4.66. The van der Waals surface area contributed by atoms with Crippen LogP contribution in [0.2, 0.25) is 0 Å². The monoisotopic (exact) mass is 320 g/mol. The van der Waals surface area contributed by atoms with E-state index in [2.05, 4.69) is 19.9 Å². The van der Waals surface area contributed by atoms with E-state index in [1.165, 1.54) is 16.2 Å². The molecule has 8 nitrogen and oxygen atoms in total. The Labute approximate surface area is 130 Å². The number of piperazine rings is 1. The number of nitrogen functional groups attached to an aromatic ring is 1. The van der Waals surface area contributed by atoms with E-state index in [1.54, 1.807) is 5.51 Å². The third kappa shape index (κ3) is 1.88. The standard InChI is InChI=1S/C13H16N6O2S/c14-11-16-9(8-10(17-11)22-7-15-8)19-5-4-18(12(20)21)6-13(19)2-1-3-13/h7H,1-6H2,(H,20,21)(H2,14,16,17). The Morgan fingerprint density at radius 1 is 1.36 bits per heavy atom. The molecule has 1 saturated heterocycles. The predicted molar refractivity (Wildman–Crippen MR) is 83.1 cm³/mol. The number of hydrogen-bond acceptors (Lipinski definition) is 7. The number of hydrogen-bond donors (Lipinski definition) is 2. The zero-order valence-corrected chi connectivity index (χ0v) is 12.7. The topological polar surface area (TPSA) is 108 Å². The average molecular weight is 320 g/mol. The van der Waals surface area contributed by atoms with Gasteiger partial charge in [0.05, 0.1) is 11.0 Å². The molecular formula is C13H16N6O2S. The largest absolute Gasteiger partial charge is 0.465 e. The summed E-state index contributed by atoms with van der Waals surface area (Å²) >= 11 is 1.44. The summed E-state index contributed by atoms with van der Waals surface area (Å²) in [4.78, 5) is 28.8. The van der Waals surface area contributed by atoms with Crippen LogP contribution in [0.15, 0.2) is 5.51 Å². The molecule has 1 spiro atoms. The molecule has 1 aliphatic heterocycles. The van der Waals surface area contributed by atoms with Gasteiger partial charge in [0, 0.05) is 19.6 Å². The lowest BCUT2D eigenvalue weighted by Crippen LogP contribution is -2.66. The van der Waals surface area contributed by atoms with Crippen LogP contribution in [-0.2, 0) is 0 Å². The van der Waals surface area contributed by atoms with Crippen LogP contribution in [0.25, 0.3) is 10.3 Å². The number of carboxylic acid groups (broad SMARTS) is 1. The highest BCUT2D eigenvalue weighted by Crippen LogP contribution is 2.44. The van der Waals surface area contributed by atoms with Crippen LogP contribution in [0.1, 0.15) is 19.3 Å². The smallest absolute Gasteiger partial charge is 0.407 e. The minimum Gasteiger partial charge on any atom is -0.465 e. The van der Waals surface area contributed by atoms with Crippen LogP contribution < -0.4 is 10.6 Å². The minimum absolute atomic E-state index is 0.173. The van der Waals surface area contributed by atoms with Crippen molar-refractivity contribution in [2.24, 2.45) is 0 Å². The van der Waals surface area contributed by atoms with Crippen LogP contribution >= 0.6 is 11.3 Å². The van der Waals surface area contributed by atoms with Gasteiger partial charge in [-0.15, -0.1) is 11.3 Å². The highest BCUT2D eigenvalue weighted by Gasteiger charge is 2.48. The van der Waals surface area contributed by atoms with Crippen LogP contribution in [0.5, 0.6) is 0 Å². The molecule has 2 aliphatic rings. The van der Waals surface area contributed by atoms with E-state index in [-0.39, 0.29) is 11.5 Å². The fourth-order valence-electron chi connectivity index (χ4n) is 3.44. The summed E-state index contributed by atoms with van der Waals surface area (Å²) in [6.45, 7) is 1.58. The Morgan fingerprint density at radius 3 is 2.86 bits per heavy atom. The number of nitrogens with zero attached hydrogens (tertiary/aromatic N) is 5. The second-order valence-corrected chi connectivity index (χ2v) is 6.68. The van der Waals surface area contributed by atoms with Crippen LogP contribution in [0.3, 0.4) is 0 Å². The SMILES string of the molecule is Nc1nc(N2CCN(C(=O)O)CC23CCC3)c2ncsc2n1. The Kier molecular flexibility index (Phi) is 2.86. The summed E-state index contributed by atoms with van der Waals surface area (Å²) in [6.07, 6.45) is 2.18. The van der Waals surface area contributed by atoms with E-state index in [0.29, 0.717) is 19.6 Å². The van der Waals surface area contributed by atoms with Crippen molar-refractivity contribution in [3.63, 3.8) is 0 Å². The first-order valence-corrected chi connectivity index (χ1v) is 8.09. The maximum atomic E-state index is 11.3. The van der Waals surface area contributed by atoms with E-state index < -0.39 is 6.09 Å². The number of fused-ring (bicyclic) bond motifs is 1. The van der Waals surface area contributed by atoms with Crippen molar-refractivity contribution in [2.45, 2.75) is 24.8 Å². The predicted octanol–water partition coefficient (Wildman–Crippen LogP) is 1.39. The molecule has 3 N–H and O–H groups in total. The van der Waals surface area contributed by atoms with Gasteiger partial charge in [-0.25, -0.2) is 14.8 Å². The summed E-state index contributed by atoms with van der Waals surface area (Å²) < 4.78 is 0. The maximum absolute atomic E-state index is 11.3. The van der Waals surface area contributed by atoms with Gasteiger partial charge >= 0.3 is 6.09 Å². The van der Waals surface area contributed by atoms with E-state index in [4.69, 9.17) is 5.73 Å². The molecule has 2 fully saturated rings. The van der Waals surface area contributed by atoms with E-state index in [1.807, 2.05) is 0 Å². The summed E-state index contributed by atoms with van der Waals surface area (Å²) in [6, 6.07) is 0. The van der Waals surface area contributed by atoms with E-state index in [9.17, 15) is 9.90 Å². The zero-order chi connectivity index (χ0) is 15.3. The lowest BCUT2D eigenvalue weighted by Gasteiger charge is -2.55. The Morgan fingerprint density at radius 2 is 2.18 bits per heavy atom. The molecular weight excluding hydrogens is 304 g/mol. The van der Waals surface area contributed by atoms with Crippen LogP contribution in [0, 0.1) is 0 Å². The van der Waals surface area contributed by atoms with Gasteiger partial charge in [0.1, 0.15) is 5.52 Å². The molecule has 1 saturated carbocycles. The first kappa shape index (κ1) is 13.5. The fraction of sp³-hybridized carbons (Fsp3) is 0.538. The number of rotatable bonds is 1. The molecule has 2 aromatic heterocycles. The zero-order valence-electron chi connectivity index (χ0n) is 11.9. The number of nitrogens with two attached hydrogens (primary N) is 1.